The summed E-state index contributed by atoms with van der Waals surface area (Å²) in [6, 6.07) is 6.89. The Balaban J connectivity index is 1.85. The van der Waals surface area contributed by atoms with Crippen molar-refractivity contribution < 1.29 is 9.90 Å². The van der Waals surface area contributed by atoms with Crippen molar-refractivity contribution in [3.63, 3.8) is 0 Å². The van der Waals surface area contributed by atoms with Crippen LogP contribution in [0.15, 0.2) is 18.2 Å². The monoisotopic (exact) mass is 344 g/mol. The number of benzene rings is 1. The molecule has 1 aromatic rings. The number of likely N-dealkylation sites (tertiary alicyclic amines) is 1. The van der Waals surface area contributed by atoms with Crippen LogP contribution in [0, 0.1) is 0 Å². The van der Waals surface area contributed by atoms with Crippen molar-refractivity contribution in [1.29, 1.82) is 0 Å². The molecule has 1 amide bonds. The Kier molecular flexibility index (Phi) is 5.38. The Morgan fingerprint density at radius 3 is 2.80 bits per heavy atom. The van der Waals surface area contributed by atoms with Gasteiger partial charge in [-0.1, -0.05) is 46.1 Å². The summed E-state index contributed by atoms with van der Waals surface area (Å²) in [5.74, 6) is 0. The number of amides is 1. The van der Waals surface area contributed by atoms with Crippen LogP contribution in [-0.2, 0) is 5.41 Å². The van der Waals surface area contributed by atoms with Gasteiger partial charge in [-0.25, -0.2) is 4.79 Å². The standard InChI is InChI=1S/C21H32N2O2/c1-4-6-7-8-12-23(20(24)25)16-9-10-17-18(14-16)21(3)11-13-22(5-2)19(17)15-21/h9-10,14,19H,4-8,11-13,15H2,1-3H3,(H,24,25). The molecule has 1 aliphatic carbocycles. The fourth-order valence-electron chi connectivity index (χ4n) is 4.69. The quantitative estimate of drug-likeness (QED) is 0.693. The number of carboxylic acid groups (broad SMARTS) is 1. The van der Waals surface area contributed by atoms with Crippen LogP contribution in [0.4, 0.5) is 10.5 Å². The fraction of sp³-hybridized carbons (Fsp3) is 0.667. The molecule has 1 heterocycles. The maximum atomic E-state index is 11.8. The first kappa shape index (κ1) is 18.2. The lowest BCUT2D eigenvalue weighted by Crippen LogP contribution is -2.37. The maximum absolute atomic E-state index is 11.8. The van der Waals surface area contributed by atoms with Gasteiger partial charge in [0.1, 0.15) is 0 Å². The number of hydrogen-bond donors (Lipinski definition) is 1. The number of nitrogens with zero attached hydrogens (tertiary/aromatic N) is 2. The van der Waals surface area contributed by atoms with Crippen molar-refractivity contribution >= 4 is 11.8 Å². The van der Waals surface area contributed by atoms with E-state index in [4.69, 9.17) is 0 Å². The van der Waals surface area contributed by atoms with Gasteiger partial charge in [-0.15, -0.1) is 0 Å². The highest BCUT2D eigenvalue weighted by molar-refractivity contribution is 5.86. The Hall–Kier alpha value is -1.55. The van der Waals surface area contributed by atoms with Gasteiger partial charge in [-0.2, -0.15) is 0 Å². The molecule has 3 rings (SSSR count). The van der Waals surface area contributed by atoms with Crippen molar-refractivity contribution in [2.75, 3.05) is 24.5 Å². The average Bonchev–Trinajstić information content (AvgIpc) is 2.83. The summed E-state index contributed by atoms with van der Waals surface area (Å²) in [4.78, 5) is 15.9. The number of carbonyl (C=O) groups is 1. The SMILES string of the molecule is CCCCCCN(C(=O)O)c1ccc2c(c1)C1(C)CCN(CC)C2C1. The lowest BCUT2D eigenvalue weighted by molar-refractivity contribution is 0.129. The Morgan fingerprint density at radius 2 is 2.12 bits per heavy atom. The van der Waals surface area contributed by atoms with Crippen molar-refractivity contribution in [3.8, 4) is 0 Å². The van der Waals surface area contributed by atoms with E-state index in [0.29, 0.717) is 12.6 Å². The van der Waals surface area contributed by atoms with Crippen molar-refractivity contribution in [1.82, 2.24) is 4.90 Å². The summed E-state index contributed by atoms with van der Waals surface area (Å²) in [5.41, 5.74) is 3.85. The number of rotatable bonds is 7. The predicted molar refractivity (Wildman–Crippen MR) is 103 cm³/mol. The number of unbranched alkanes of at least 4 members (excludes halogenated alkanes) is 3. The fourth-order valence-corrected chi connectivity index (χ4v) is 4.69. The molecule has 2 unspecified atom stereocenters. The van der Waals surface area contributed by atoms with Crippen molar-refractivity contribution in [2.45, 2.75) is 70.8 Å². The summed E-state index contributed by atoms with van der Waals surface area (Å²) in [5, 5.41) is 9.68. The van der Waals surface area contributed by atoms with E-state index in [2.05, 4.69) is 37.8 Å². The van der Waals surface area contributed by atoms with E-state index in [1.54, 1.807) is 4.90 Å². The molecule has 0 saturated carbocycles. The summed E-state index contributed by atoms with van der Waals surface area (Å²) < 4.78 is 0. The zero-order valence-electron chi connectivity index (χ0n) is 15.9. The van der Waals surface area contributed by atoms with Gasteiger partial charge in [-0.3, -0.25) is 9.80 Å². The van der Waals surface area contributed by atoms with Gasteiger partial charge in [0.2, 0.25) is 0 Å². The first-order chi connectivity index (χ1) is 12.0. The Labute approximate surface area is 151 Å². The van der Waals surface area contributed by atoms with Crippen LogP contribution in [0.1, 0.15) is 76.5 Å². The first-order valence-electron chi connectivity index (χ1n) is 9.89. The van der Waals surface area contributed by atoms with Crippen molar-refractivity contribution in [3.05, 3.63) is 29.3 Å². The largest absolute Gasteiger partial charge is 0.465 e. The van der Waals surface area contributed by atoms with Crippen LogP contribution in [0.25, 0.3) is 0 Å². The minimum Gasteiger partial charge on any atom is -0.465 e. The first-order valence-corrected chi connectivity index (χ1v) is 9.89. The summed E-state index contributed by atoms with van der Waals surface area (Å²) in [7, 11) is 0. The van der Waals surface area contributed by atoms with Gasteiger partial charge in [-0.05, 0) is 61.0 Å². The van der Waals surface area contributed by atoms with Crippen LogP contribution >= 0.6 is 0 Å². The molecule has 138 valence electrons. The molecule has 4 nitrogen and oxygen atoms in total. The van der Waals surface area contributed by atoms with E-state index in [0.717, 1.165) is 38.0 Å². The van der Waals surface area contributed by atoms with Crippen LogP contribution < -0.4 is 4.90 Å². The third-order valence-corrected chi connectivity index (χ3v) is 6.27. The highest BCUT2D eigenvalue weighted by Crippen LogP contribution is 2.53. The molecule has 1 saturated heterocycles. The molecule has 1 N–H and O–H groups in total. The molecule has 2 aliphatic rings. The van der Waals surface area contributed by atoms with Crippen LogP contribution in [-0.4, -0.2) is 35.7 Å². The second-order valence-electron chi connectivity index (χ2n) is 7.93. The molecular weight excluding hydrogens is 312 g/mol. The van der Waals surface area contributed by atoms with Crippen molar-refractivity contribution in [2.24, 2.45) is 0 Å². The van der Waals surface area contributed by atoms with E-state index < -0.39 is 6.09 Å². The lowest BCUT2D eigenvalue weighted by Gasteiger charge is -2.37. The van der Waals surface area contributed by atoms with Gasteiger partial charge in [0.05, 0.1) is 0 Å². The molecule has 0 radical (unpaired) electrons. The van der Waals surface area contributed by atoms with Crippen LogP contribution in [0.5, 0.6) is 0 Å². The summed E-state index contributed by atoms with van der Waals surface area (Å²) >= 11 is 0. The number of piperidine rings is 1. The highest BCUT2D eigenvalue weighted by atomic mass is 16.4. The van der Waals surface area contributed by atoms with Gasteiger partial charge in [0.15, 0.2) is 0 Å². The topological polar surface area (TPSA) is 43.8 Å². The normalized spacial score (nSPS) is 25.0. The van der Waals surface area contributed by atoms with Crippen LogP contribution in [0.2, 0.25) is 0 Å². The maximum Gasteiger partial charge on any atom is 0.411 e. The molecule has 0 aromatic heterocycles. The second-order valence-corrected chi connectivity index (χ2v) is 7.93. The molecule has 1 fully saturated rings. The molecule has 4 heteroatoms. The Morgan fingerprint density at radius 1 is 1.32 bits per heavy atom. The van der Waals surface area contributed by atoms with E-state index in [-0.39, 0.29) is 5.41 Å². The minimum atomic E-state index is -0.835. The van der Waals surface area contributed by atoms with Gasteiger partial charge in [0, 0.05) is 18.3 Å². The van der Waals surface area contributed by atoms with E-state index in [1.165, 1.54) is 30.4 Å². The molecule has 0 spiro atoms. The summed E-state index contributed by atoms with van der Waals surface area (Å²) in [6.45, 7) is 9.58. The smallest absolute Gasteiger partial charge is 0.411 e. The molecular formula is C21H32N2O2. The summed E-state index contributed by atoms with van der Waals surface area (Å²) in [6.07, 6.45) is 5.86. The number of fused-ring (bicyclic) bond motifs is 5. The predicted octanol–water partition coefficient (Wildman–Crippen LogP) is 5.18. The number of anilines is 1. The minimum absolute atomic E-state index is 0.202. The van der Waals surface area contributed by atoms with Gasteiger partial charge >= 0.3 is 6.09 Å². The molecule has 1 aromatic carbocycles. The molecule has 2 atom stereocenters. The number of hydrogen-bond acceptors (Lipinski definition) is 2. The van der Waals surface area contributed by atoms with Gasteiger partial charge < -0.3 is 5.11 Å². The third kappa shape index (κ3) is 3.41. The molecule has 25 heavy (non-hydrogen) atoms. The second kappa shape index (κ2) is 7.36. The van der Waals surface area contributed by atoms with Crippen LogP contribution in [0.3, 0.4) is 0 Å². The molecule has 2 bridgehead atoms. The Bertz CT molecular complexity index is 630. The van der Waals surface area contributed by atoms with E-state index in [9.17, 15) is 9.90 Å². The average molecular weight is 344 g/mol. The molecule has 1 aliphatic heterocycles. The zero-order valence-corrected chi connectivity index (χ0v) is 15.9. The highest BCUT2D eigenvalue weighted by Gasteiger charge is 2.46. The third-order valence-electron chi connectivity index (χ3n) is 6.27. The lowest BCUT2D eigenvalue weighted by atomic mass is 9.79. The van der Waals surface area contributed by atoms with Gasteiger partial charge in [0.25, 0.3) is 0 Å². The zero-order chi connectivity index (χ0) is 18.0. The van der Waals surface area contributed by atoms with E-state index >= 15 is 0 Å². The van der Waals surface area contributed by atoms with E-state index in [1.807, 2.05) is 6.07 Å².